The predicted molar refractivity (Wildman–Crippen MR) is 72.7 cm³/mol. The smallest absolute Gasteiger partial charge is 0.330 e. The lowest BCUT2D eigenvalue weighted by atomic mass is 10.1. The number of nitrogens with zero attached hydrogens (tertiary/aromatic N) is 1. The Balaban J connectivity index is 2.92. The Morgan fingerprint density at radius 1 is 1.39 bits per heavy atom. The van der Waals surface area contributed by atoms with Crippen LogP contribution in [0, 0.1) is 0 Å². The van der Waals surface area contributed by atoms with Crippen molar-refractivity contribution in [2.45, 2.75) is 13.8 Å². The fourth-order valence-electron chi connectivity index (χ4n) is 1.68. The largest absolute Gasteiger partial charge is 0.507 e. The molecule has 0 bridgehead atoms. The normalized spacial score (nSPS) is 10.6. The van der Waals surface area contributed by atoms with Crippen LogP contribution in [-0.2, 0) is 9.53 Å². The highest BCUT2D eigenvalue weighted by Gasteiger charge is 2.05. The molecule has 0 saturated heterocycles. The van der Waals surface area contributed by atoms with E-state index in [1.807, 2.05) is 6.07 Å². The summed E-state index contributed by atoms with van der Waals surface area (Å²) in [5.74, 6) is -0.290. The molecule has 0 amide bonds. The molecule has 0 aliphatic rings. The van der Waals surface area contributed by atoms with Gasteiger partial charge in [0.15, 0.2) is 0 Å². The number of hydrogen-bond donors (Lipinski definition) is 1. The molecule has 1 aromatic carbocycles. The summed E-state index contributed by atoms with van der Waals surface area (Å²) in [5, 5.41) is 9.89. The van der Waals surface area contributed by atoms with Crippen LogP contribution >= 0.6 is 0 Å². The van der Waals surface area contributed by atoms with Crippen molar-refractivity contribution < 1.29 is 14.6 Å². The number of phenols is 1. The van der Waals surface area contributed by atoms with Crippen LogP contribution < -0.4 is 4.90 Å². The number of rotatable bonds is 5. The van der Waals surface area contributed by atoms with Gasteiger partial charge in [0.25, 0.3) is 0 Å². The zero-order valence-electron chi connectivity index (χ0n) is 11.0. The average molecular weight is 249 g/mol. The van der Waals surface area contributed by atoms with Crippen molar-refractivity contribution in [3.63, 3.8) is 0 Å². The summed E-state index contributed by atoms with van der Waals surface area (Å²) in [7, 11) is 1.32. The first-order valence-corrected chi connectivity index (χ1v) is 5.96. The summed E-state index contributed by atoms with van der Waals surface area (Å²) < 4.78 is 4.49. The third-order valence-electron chi connectivity index (χ3n) is 2.74. The lowest BCUT2D eigenvalue weighted by Gasteiger charge is -2.21. The maximum atomic E-state index is 11.0. The average Bonchev–Trinajstić information content (AvgIpc) is 2.38. The van der Waals surface area contributed by atoms with Crippen molar-refractivity contribution in [2.24, 2.45) is 0 Å². The molecular weight excluding hydrogens is 230 g/mol. The maximum absolute atomic E-state index is 11.0. The SMILES string of the molecule is CCN(CC)c1ccc(C=CC(=O)OC)c(O)c1. The molecule has 0 spiro atoms. The molecule has 0 atom stereocenters. The van der Waals surface area contributed by atoms with E-state index in [4.69, 9.17) is 0 Å². The van der Waals surface area contributed by atoms with Crippen LogP contribution in [0.2, 0.25) is 0 Å². The number of methoxy groups -OCH3 is 1. The standard InChI is InChI=1S/C14H19NO3/c1-4-15(5-2)12-8-6-11(13(16)10-12)7-9-14(17)18-3/h6-10,16H,4-5H2,1-3H3. The molecule has 0 saturated carbocycles. The number of esters is 1. The number of hydrogen-bond acceptors (Lipinski definition) is 4. The van der Waals surface area contributed by atoms with Gasteiger partial charge in [-0.05, 0) is 32.1 Å². The Hall–Kier alpha value is -1.97. The molecule has 0 aliphatic heterocycles. The molecule has 0 fully saturated rings. The van der Waals surface area contributed by atoms with E-state index in [0.717, 1.165) is 18.8 Å². The van der Waals surface area contributed by atoms with Crippen molar-refractivity contribution in [3.05, 3.63) is 29.8 Å². The molecule has 4 nitrogen and oxygen atoms in total. The van der Waals surface area contributed by atoms with E-state index >= 15 is 0 Å². The fourth-order valence-corrected chi connectivity index (χ4v) is 1.68. The first-order valence-electron chi connectivity index (χ1n) is 5.96. The van der Waals surface area contributed by atoms with Crippen molar-refractivity contribution in [1.29, 1.82) is 0 Å². The number of phenolic OH excluding ortho intramolecular Hbond substituents is 1. The van der Waals surface area contributed by atoms with E-state index in [0.29, 0.717) is 5.56 Å². The second kappa shape index (κ2) is 6.69. The van der Waals surface area contributed by atoms with Gasteiger partial charge in [-0.15, -0.1) is 0 Å². The lowest BCUT2D eigenvalue weighted by Crippen LogP contribution is -2.21. The molecular formula is C14H19NO3. The number of carbonyl (C=O) groups excluding carboxylic acids is 1. The van der Waals surface area contributed by atoms with Gasteiger partial charge in [-0.2, -0.15) is 0 Å². The van der Waals surface area contributed by atoms with Gasteiger partial charge in [0.2, 0.25) is 0 Å². The molecule has 0 unspecified atom stereocenters. The van der Waals surface area contributed by atoms with Crippen LogP contribution in [-0.4, -0.2) is 31.3 Å². The summed E-state index contributed by atoms with van der Waals surface area (Å²) in [6.07, 6.45) is 2.82. The Kier molecular flexibility index (Phi) is 5.24. The van der Waals surface area contributed by atoms with Crippen LogP contribution in [0.4, 0.5) is 5.69 Å². The van der Waals surface area contributed by atoms with E-state index in [1.54, 1.807) is 12.1 Å². The number of aromatic hydroxyl groups is 1. The summed E-state index contributed by atoms with van der Waals surface area (Å²) in [6.45, 7) is 5.89. The Morgan fingerprint density at radius 3 is 2.56 bits per heavy atom. The highest BCUT2D eigenvalue weighted by Crippen LogP contribution is 2.25. The molecule has 0 aliphatic carbocycles. The quantitative estimate of drug-likeness (QED) is 0.643. The first-order chi connectivity index (χ1) is 8.62. The van der Waals surface area contributed by atoms with E-state index < -0.39 is 5.97 Å². The molecule has 0 radical (unpaired) electrons. The minimum absolute atomic E-state index is 0.152. The maximum Gasteiger partial charge on any atom is 0.330 e. The lowest BCUT2D eigenvalue weighted by molar-refractivity contribution is -0.134. The number of anilines is 1. The zero-order chi connectivity index (χ0) is 13.5. The van der Waals surface area contributed by atoms with Gasteiger partial charge in [0.1, 0.15) is 5.75 Å². The second-order valence-corrected chi connectivity index (χ2v) is 3.77. The van der Waals surface area contributed by atoms with Gasteiger partial charge in [0.05, 0.1) is 7.11 Å². The number of carbonyl (C=O) groups is 1. The Labute approximate surface area is 107 Å². The first kappa shape index (κ1) is 14.1. The van der Waals surface area contributed by atoms with E-state index in [-0.39, 0.29) is 5.75 Å². The summed E-state index contributed by atoms with van der Waals surface area (Å²) in [6, 6.07) is 5.40. The van der Waals surface area contributed by atoms with Gasteiger partial charge in [-0.25, -0.2) is 4.79 Å². The minimum atomic E-state index is -0.442. The minimum Gasteiger partial charge on any atom is -0.507 e. The summed E-state index contributed by atoms with van der Waals surface area (Å²) >= 11 is 0. The van der Waals surface area contributed by atoms with Gasteiger partial charge < -0.3 is 14.7 Å². The van der Waals surface area contributed by atoms with Crippen LogP contribution in [0.25, 0.3) is 6.08 Å². The molecule has 0 aromatic heterocycles. The molecule has 1 N–H and O–H groups in total. The molecule has 98 valence electrons. The molecule has 18 heavy (non-hydrogen) atoms. The van der Waals surface area contributed by atoms with Gasteiger partial charge >= 0.3 is 5.97 Å². The van der Waals surface area contributed by atoms with Crippen LogP contribution in [0.15, 0.2) is 24.3 Å². The number of benzene rings is 1. The third kappa shape index (κ3) is 3.52. The highest BCUT2D eigenvalue weighted by atomic mass is 16.5. The van der Waals surface area contributed by atoms with E-state index in [1.165, 1.54) is 19.3 Å². The molecule has 1 rings (SSSR count). The van der Waals surface area contributed by atoms with E-state index in [2.05, 4.69) is 23.5 Å². The number of ether oxygens (including phenoxy) is 1. The molecule has 0 heterocycles. The van der Waals surface area contributed by atoms with Crippen molar-refractivity contribution >= 4 is 17.7 Å². The van der Waals surface area contributed by atoms with Crippen molar-refractivity contribution in [3.8, 4) is 5.75 Å². The Morgan fingerprint density at radius 2 is 2.06 bits per heavy atom. The zero-order valence-corrected chi connectivity index (χ0v) is 11.0. The van der Waals surface area contributed by atoms with Gasteiger partial charge in [-0.1, -0.05) is 0 Å². The molecule has 1 aromatic rings. The topological polar surface area (TPSA) is 49.8 Å². The van der Waals surface area contributed by atoms with Crippen LogP contribution in [0.1, 0.15) is 19.4 Å². The van der Waals surface area contributed by atoms with Crippen LogP contribution in [0.3, 0.4) is 0 Å². The Bertz CT molecular complexity index is 437. The van der Waals surface area contributed by atoms with Gasteiger partial charge in [0, 0.05) is 36.5 Å². The van der Waals surface area contributed by atoms with Crippen molar-refractivity contribution in [2.75, 3.05) is 25.1 Å². The molecule has 4 heteroatoms. The summed E-state index contributed by atoms with van der Waals surface area (Å²) in [5.41, 5.74) is 1.56. The van der Waals surface area contributed by atoms with Crippen LogP contribution in [0.5, 0.6) is 5.75 Å². The third-order valence-corrected chi connectivity index (χ3v) is 2.74. The van der Waals surface area contributed by atoms with Gasteiger partial charge in [-0.3, -0.25) is 0 Å². The van der Waals surface area contributed by atoms with E-state index in [9.17, 15) is 9.90 Å². The fraction of sp³-hybridized carbons (Fsp3) is 0.357. The monoisotopic (exact) mass is 249 g/mol. The van der Waals surface area contributed by atoms with Crippen molar-refractivity contribution in [1.82, 2.24) is 0 Å². The highest BCUT2D eigenvalue weighted by molar-refractivity contribution is 5.87. The summed E-state index contributed by atoms with van der Waals surface area (Å²) in [4.78, 5) is 13.1. The second-order valence-electron chi connectivity index (χ2n) is 3.77. The predicted octanol–water partition coefficient (Wildman–Crippen LogP) is 2.42.